The van der Waals surface area contributed by atoms with Crippen LogP contribution in [0.15, 0.2) is 18.2 Å². The molecule has 0 saturated heterocycles. The van der Waals surface area contributed by atoms with Crippen LogP contribution in [0.1, 0.15) is 27.2 Å². The van der Waals surface area contributed by atoms with Crippen molar-refractivity contribution >= 4 is 28.9 Å². The molecule has 17 heavy (non-hydrogen) atoms. The number of hydrogen-bond acceptors (Lipinski definition) is 2. The van der Waals surface area contributed by atoms with Crippen molar-refractivity contribution in [3.05, 3.63) is 28.2 Å². The molecule has 96 valence electrons. The van der Waals surface area contributed by atoms with Gasteiger partial charge in [-0.15, -0.1) is 0 Å². The summed E-state index contributed by atoms with van der Waals surface area (Å²) in [6.07, 6.45) is 1.38. The van der Waals surface area contributed by atoms with E-state index in [0.29, 0.717) is 16.2 Å². The van der Waals surface area contributed by atoms with E-state index in [1.165, 1.54) is 0 Å². The summed E-state index contributed by atoms with van der Waals surface area (Å²) in [5.41, 5.74) is 1.01. The molecule has 1 unspecified atom stereocenters. The Balaban J connectivity index is 2.76. The first kappa shape index (κ1) is 14.6. The molecule has 0 radical (unpaired) electrons. The Morgan fingerprint density at radius 2 is 1.76 bits per heavy atom. The quantitative estimate of drug-likeness (QED) is 0.770. The van der Waals surface area contributed by atoms with E-state index in [2.05, 4.69) is 31.0 Å². The van der Waals surface area contributed by atoms with E-state index in [1.54, 1.807) is 0 Å². The van der Waals surface area contributed by atoms with Crippen molar-refractivity contribution in [3.8, 4) is 0 Å². The van der Waals surface area contributed by atoms with Crippen LogP contribution in [-0.4, -0.2) is 24.2 Å². The second kappa shape index (κ2) is 7.10. The van der Waals surface area contributed by atoms with Crippen molar-refractivity contribution < 1.29 is 0 Å². The lowest BCUT2D eigenvalue weighted by atomic mass is 10.2. The van der Waals surface area contributed by atoms with E-state index in [9.17, 15) is 0 Å². The Labute approximate surface area is 114 Å². The number of rotatable bonds is 6. The highest BCUT2D eigenvalue weighted by atomic mass is 35.5. The average molecular weight is 275 g/mol. The van der Waals surface area contributed by atoms with Gasteiger partial charge in [0.1, 0.15) is 0 Å². The fourth-order valence-corrected chi connectivity index (χ4v) is 2.19. The molecule has 0 fully saturated rings. The lowest BCUT2D eigenvalue weighted by Crippen LogP contribution is -2.40. The summed E-state index contributed by atoms with van der Waals surface area (Å²) < 4.78 is 0. The summed E-state index contributed by atoms with van der Waals surface area (Å²) in [5.74, 6) is 0. The van der Waals surface area contributed by atoms with Crippen molar-refractivity contribution in [1.82, 2.24) is 4.90 Å². The molecule has 0 spiro atoms. The normalized spacial score (nSPS) is 12.8. The first-order valence-corrected chi connectivity index (χ1v) is 6.83. The van der Waals surface area contributed by atoms with Gasteiger partial charge in [0.15, 0.2) is 0 Å². The summed E-state index contributed by atoms with van der Waals surface area (Å²) in [6, 6.07) is 5.65. The molecule has 0 amide bonds. The van der Waals surface area contributed by atoms with Gasteiger partial charge in [0, 0.05) is 5.69 Å². The van der Waals surface area contributed by atoms with E-state index < -0.39 is 0 Å². The zero-order valence-electron chi connectivity index (χ0n) is 10.6. The van der Waals surface area contributed by atoms with E-state index in [4.69, 9.17) is 23.2 Å². The van der Waals surface area contributed by atoms with Crippen molar-refractivity contribution in [2.75, 3.05) is 18.4 Å². The van der Waals surface area contributed by atoms with Crippen molar-refractivity contribution in [3.63, 3.8) is 0 Å². The summed E-state index contributed by atoms with van der Waals surface area (Å²) in [6.45, 7) is 8.57. The lowest BCUT2D eigenvalue weighted by molar-refractivity contribution is 0.233. The molecule has 0 saturated carbocycles. The maximum absolute atomic E-state index is 6.00. The third-order valence-corrected chi connectivity index (χ3v) is 3.63. The molecule has 1 atom stereocenters. The zero-order chi connectivity index (χ0) is 12.8. The molecule has 1 rings (SSSR count). The molecule has 2 nitrogen and oxygen atoms in total. The van der Waals surface area contributed by atoms with Crippen LogP contribution < -0.4 is 5.32 Å². The number of nitrogens with zero attached hydrogens (tertiary/aromatic N) is 1. The highest BCUT2D eigenvalue weighted by Gasteiger charge is 2.13. The van der Waals surface area contributed by atoms with Crippen LogP contribution in [0.4, 0.5) is 5.69 Å². The van der Waals surface area contributed by atoms with Gasteiger partial charge in [0.05, 0.1) is 16.2 Å². The van der Waals surface area contributed by atoms with E-state index in [1.807, 2.05) is 18.2 Å². The summed E-state index contributed by atoms with van der Waals surface area (Å²) in [5, 5.41) is 4.66. The summed E-state index contributed by atoms with van der Waals surface area (Å²) in [7, 11) is 0. The zero-order valence-corrected chi connectivity index (χ0v) is 12.1. The minimum atomic E-state index is 0.335. The van der Waals surface area contributed by atoms with Crippen LogP contribution in [0.5, 0.6) is 0 Å². The SMILES string of the molecule is CCC(Nc1ccc(Cl)c(Cl)c1)N(CC)CC. The number of hydrogen-bond donors (Lipinski definition) is 1. The van der Waals surface area contributed by atoms with Gasteiger partial charge in [-0.1, -0.05) is 44.0 Å². The third kappa shape index (κ3) is 4.06. The predicted molar refractivity (Wildman–Crippen MR) is 77.1 cm³/mol. The molecule has 1 aromatic rings. The van der Waals surface area contributed by atoms with Crippen LogP contribution in [0, 0.1) is 0 Å². The molecule has 0 aliphatic carbocycles. The Morgan fingerprint density at radius 3 is 2.24 bits per heavy atom. The first-order chi connectivity index (χ1) is 8.12. The van der Waals surface area contributed by atoms with Crippen LogP contribution >= 0.6 is 23.2 Å². The topological polar surface area (TPSA) is 15.3 Å². The second-order valence-electron chi connectivity index (χ2n) is 3.92. The monoisotopic (exact) mass is 274 g/mol. The molecule has 4 heteroatoms. The van der Waals surface area contributed by atoms with Gasteiger partial charge in [-0.05, 0) is 37.7 Å². The van der Waals surface area contributed by atoms with Crippen molar-refractivity contribution in [1.29, 1.82) is 0 Å². The average Bonchev–Trinajstić information content (AvgIpc) is 2.33. The minimum absolute atomic E-state index is 0.335. The summed E-state index contributed by atoms with van der Waals surface area (Å²) in [4.78, 5) is 2.38. The number of anilines is 1. The van der Waals surface area contributed by atoms with Gasteiger partial charge >= 0.3 is 0 Å². The van der Waals surface area contributed by atoms with E-state index >= 15 is 0 Å². The summed E-state index contributed by atoms with van der Waals surface area (Å²) >= 11 is 11.9. The van der Waals surface area contributed by atoms with Gasteiger partial charge in [-0.25, -0.2) is 0 Å². The molecule has 1 aromatic carbocycles. The van der Waals surface area contributed by atoms with Crippen LogP contribution in [0.2, 0.25) is 10.0 Å². The standard InChI is InChI=1S/C13H20Cl2N2/c1-4-13(17(5-2)6-3)16-10-7-8-11(14)12(15)9-10/h7-9,13,16H,4-6H2,1-3H3. The Bertz CT molecular complexity index is 351. The molecule has 1 N–H and O–H groups in total. The number of halogens is 2. The number of benzene rings is 1. The highest BCUT2D eigenvalue weighted by Crippen LogP contribution is 2.25. The van der Waals surface area contributed by atoms with Gasteiger partial charge in [-0.2, -0.15) is 0 Å². The molecule has 0 heterocycles. The van der Waals surface area contributed by atoms with Gasteiger partial charge in [0.2, 0.25) is 0 Å². The smallest absolute Gasteiger partial charge is 0.0790 e. The van der Waals surface area contributed by atoms with Crippen LogP contribution in [0.25, 0.3) is 0 Å². The van der Waals surface area contributed by atoms with Gasteiger partial charge in [-0.3, -0.25) is 4.90 Å². The minimum Gasteiger partial charge on any atom is -0.370 e. The fraction of sp³-hybridized carbons (Fsp3) is 0.538. The molecule has 0 aromatic heterocycles. The van der Waals surface area contributed by atoms with Crippen LogP contribution in [-0.2, 0) is 0 Å². The Hall–Kier alpha value is -0.440. The second-order valence-corrected chi connectivity index (χ2v) is 4.73. The Kier molecular flexibility index (Phi) is 6.10. The van der Waals surface area contributed by atoms with Crippen molar-refractivity contribution in [2.45, 2.75) is 33.4 Å². The molecular formula is C13H20Cl2N2. The van der Waals surface area contributed by atoms with E-state index in [-0.39, 0.29) is 0 Å². The van der Waals surface area contributed by atoms with Crippen LogP contribution in [0.3, 0.4) is 0 Å². The van der Waals surface area contributed by atoms with E-state index in [0.717, 1.165) is 25.2 Å². The predicted octanol–water partition coefficient (Wildman–Crippen LogP) is 4.48. The molecule has 0 aliphatic rings. The fourth-order valence-electron chi connectivity index (χ4n) is 1.89. The molecule has 0 bridgehead atoms. The maximum Gasteiger partial charge on any atom is 0.0790 e. The largest absolute Gasteiger partial charge is 0.370 e. The molecular weight excluding hydrogens is 255 g/mol. The lowest BCUT2D eigenvalue weighted by Gasteiger charge is -2.30. The van der Waals surface area contributed by atoms with Gasteiger partial charge < -0.3 is 5.32 Å². The van der Waals surface area contributed by atoms with Gasteiger partial charge in [0.25, 0.3) is 0 Å². The third-order valence-electron chi connectivity index (χ3n) is 2.89. The maximum atomic E-state index is 6.00. The number of nitrogens with one attached hydrogen (secondary N) is 1. The van der Waals surface area contributed by atoms with Crippen molar-refractivity contribution in [2.24, 2.45) is 0 Å². The first-order valence-electron chi connectivity index (χ1n) is 6.07. The highest BCUT2D eigenvalue weighted by molar-refractivity contribution is 6.42. The Morgan fingerprint density at radius 1 is 1.12 bits per heavy atom. The molecule has 0 aliphatic heterocycles.